The molecular formula is C13H18N2O. The molecule has 1 aromatic carbocycles. The van der Waals surface area contributed by atoms with Gasteiger partial charge in [-0.2, -0.15) is 5.10 Å². The van der Waals surface area contributed by atoms with Gasteiger partial charge in [-0.25, -0.2) is 5.43 Å². The molecule has 0 atom stereocenters. The van der Waals surface area contributed by atoms with Crippen molar-refractivity contribution in [2.75, 3.05) is 0 Å². The predicted octanol–water partition coefficient (Wildman–Crippen LogP) is 2.72. The first kappa shape index (κ1) is 12.4. The van der Waals surface area contributed by atoms with Crippen molar-refractivity contribution in [3.63, 3.8) is 0 Å². The normalized spacial score (nSPS) is 11.2. The number of carbonyl (C=O) groups is 1. The molecule has 1 aromatic rings. The minimum absolute atomic E-state index is 0.0165. The Labute approximate surface area is 96.6 Å². The Balaban J connectivity index is 2.48. The van der Waals surface area contributed by atoms with E-state index >= 15 is 0 Å². The lowest BCUT2D eigenvalue weighted by atomic mass is 10.1. The van der Waals surface area contributed by atoms with E-state index in [2.05, 4.69) is 17.5 Å². The summed E-state index contributed by atoms with van der Waals surface area (Å²) in [5, 5.41) is 4.06. The molecule has 16 heavy (non-hydrogen) atoms. The number of hydrogen-bond acceptors (Lipinski definition) is 2. The summed E-state index contributed by atoms with van der Waals surface area (Å²) >= 11 is 0. The molecule has 0 saturated heterocycles. The molecule has 0 unspecified atom stereocenters. The molecule has 0 radical (unpaired) electrons. The quantitative estimate of drug-likeness (QED) is 0.599. The fourth-order valence-corrected chi connectivity index (χ4v) is 1.28. The highest BCUT2D eigenvalue weighted by Gasteiger charge is 1.99. The van der Waals surface area contributed by atoms with Crippen molar-refractivity contribution in [1.29, 1.82) is 0 Å². The van der Waals surface area contributed by atoms with Crippen molar-refractivity contribution in [3.05, 3.63) is 35.9 Å². The molecular weight excluding hydrogens is 200 g/mol. The molecule has 0 fully saturated rings. The SMILES string of the molecule is CCCCC(=O)NN=C(C)c1ccccc1. The van der Waals surface area contributed by atoms with Crippen LogP contribution in [-0.2, 0) is 4.79 Å². The second kappa shape index (κ2) is 6.77. The van der Waals surface area contributed by atoms with Crippen LogP contribution >= 0.6 is 0 Å². The highest BCUT2D eigenvalue weighted by atomic mass is 16.2. The first-order chi connectivity index (χ1) is 7.74. The summed E-state index contributed by atoms with van der Waals surface area (Å²) < 4.78 is 0. The minimum Gasteiger partial charge on any atom is -0.273 e. The topological polar surface area (TPSA) is 41.5 Å². The van der Waals surface area contributed by atoms with Crippen LogP contribution in [0.5, 0.6) is 0 Å². The van der Waals surface area contributed by atoms with Gasteiger partial charge in [-0.05, 0) is 18.9 Å². The van der Waals surface area contributed by atoms with Crippen LogP contribution in [0.4, 0.5) is 0 Å². The molecule has 1 rings (SSSR count). The van der Waals surface area contributed by atoms with Crippen molar-refractivity contribution in [1.82, 2.24) is 5.43 Å². The molecule has 0 heterocycles. The van der Waals surface area contributed by atoms with Crippen molar-refractivity contribution < 1.29 is 4.79 Å². The van der Waals surface area contributed by atoms with E-state index in [1.165, 1.54) is 0 Å². The standard InChI is InChI=1S/C13H18N2O/c1-3-4-10-13(16)15-14-11(2)12-8-6-5-7-9-12/h5-9H,3-4,10H2,1-2H3,(H,15,16). The molecule has 1 N–H and O–H groups in total. The third-order valence-corrected chi connectivity index (χ3v) is 2.30. The van der Waals surface area contributed by atoms with Crippen LogP contribution < -0.4 is 5.43 Å². The Morgan fingerprint density at radius 2 is 2.00 bits per heavy atom. The van der Waals surface area contributed by atoms with Crippen molar-refractivity contribution in [2.45, 2.75) is 33.1 Å². The van der Waals surface area contributed by atoms with Crippen molar-refractivity contribution in [3.8, 4) is 0 Å². The average Bonchev–Trinajstić information content (AvgIpc) is 2.34. The fourth-order valence-electron chi connectivity index (χ4n) is 1.28. The van der Waals surface area contributed by atoms with Crippen molar-refractivity contribution in [2.24, 2.45) is 5.10 Å². The summed E-state index contributed by atoms with van der Waals surface area (Å²) in [4.78, 5) is 11.3. The third-order valence-electron chi connectivity index (χ3n) is 2.30. The van der Waals surface area contributed by atoms with Gasteiger partial charge in [0.15, 0.2) is 0 Å². The average molecular weight is 218 g/mol. The van der Waals surface area contributed by atoms with Crippen LogP contribution in [0.3, 0.4) is 0 Å². The van der Waals surface area contributed by atoms with Crippen LogP contribution in [0.25, 0.3) is 0 Å². The van der Waals surface area contributed by atoms with E-state index in [-0.39, 0.29) is 5.91 Å². The number of hydrogen-bond donors (Lipinski definition) is 1. The summed E-state index contributed by atoms with van der Waals surface area (Å²) in [6.45, 7) is 3.95. The molecule has 0 saturated carbocycles. The van der Waals surface area contributed by atoms with Gasteiger partial charge in [0.2, 0.25) is 5.91 Å². The Morgan fingerprint density at radius 1 is 1.31 bits per heavy atom. The smallest absolute Gasteiger partial charge is 0.240 e. The Bertz CT molecular complexity index is 357. The number of hydrazone groups is 1. The maximum Gasteiger partial charge on any atom is 0.240 e. The number of nitrogens with zero attached hydrogens (tertiary/aromatic N) is 1. The largest absolute Gasteiger partial charge is 0.273 e. The number of carbonyl (C=O) groups excluding carboxylic acids is 1. The molecule has 86 valence electrons. The molecule has 3 heteroatoms. The maximum absolute atomic E-state index is 11.3. The van der Waals surface area contributed by atoms with Gasteiger partial charge >= 0.3 is 0 Å². The number of benzene rings is 1. The molecule has 3 nitrogen and oxygen atoms in total. The lowest BCUT2D eigenvalue weighted by Gasteiger charge is -2.02. The summed E-state index contributed by atoms with van der Waals surface area (Å²) in [6, 6.07) is 9.80. The highest BCUT2D eigenvalue weighted by molar-refractivity contribution is 5.99. The van der Waals surface area contributed by atoms with Gasteiger partial charge in [0, 0.05) is 6.42 Å². The monoisotopic (exact) mass is 218 g/mol. The summed E-state index contributed by atoms with van der Waals surface area (Å²) in [5.74, 6) is -0.0165. The summed E-state index contributed by atoms with van der Waals surface area (Å²) in [6.07, 6.45) is 2.47. The Kier molecular flexibility index (Phi) is 5.26. The van der Waals surface area contributed by atoms with Gasteiger partial charge in [0.25, 0.3) is 0 Å². The van der Waals surface area contributed by atoms with Gasteiger partial charge in [0.05, 0.1) is 5.71 Å². The van der Waals surface area contributed by atoms with Crippen LogP contribution in [0.1, 0.15) is 38.7 Å². The van der Waals surface area contributed by atoms with Crippen LogP contribution in [0, 0.1) is 0 Å². The number of unbranched alkanes of at least 4 members (excludes halogenated alkanes) is 1. The molecule has 0 aliphatic carbocycles. The molecule has 0 bridgehead atoms. The Hall–Kier alpha value is -1.64. The first-order valence-corrected chi connectivity index (χ1v) is 5.62. The van der Waals surface area contributed by atoms with Gasteiger partial charge in [0.1, 0.15) is 0 Å². The lowest BCUT2D eigenvalue weighted by molar-refractivity contribution is -0.121. The third kappa shape index (κ3) is 4.26. The van der Waals surface area contributed by atoms with E-state index in [1.54, 1.807) is 0 Å². The molecule has 0 aliphatic rings. The second-order valence-corrected chi connectivity index (χ2v) is 3.70. The number of amides is 1. The number of rotatable bonds is 5. The first-order valence-electron chi connectivity index (χ1n) is 5.62. The summed E-state index contributed by atoms with van der Waals surface area (Å²) in [5.41, 5.74) is 4.42. The van der Waals surface area contributed by atoms with Gasteiger partial charge in [-0.1, -0.05) is 43.7 Å². The van der Waals surface area contributed by atoms with Crippen LogP contribution in [0.2, 0.25) is 0 Å². The zero-order valence-electron chi connectivity index (χ0n) is 9.86. The van der Waals surface area contributed by atoms with E-state index in [0.717, 1.165) is 24.1 Å². The number of nitrogens with one attached hydrogen (secondary N) is 1. The van der Waals surface area contributed by atoms with Gasteiger partial charge in [-0.3, -0.25) is 4.79 Å². The molecule has 1 amide bonds. The van der Waals surface area contributed by atoms with Gasteiger partial charge in [-0.15, -0.1) is 0 Å². The summed E-state index contributed by atoms with van der Waals surface area (Å²) in [7, 11) is 0. The zero-order chi connectivity index (χ0) is 11.8. The fraction of sp³-hybridized carbons (Fsp3) is 0.385. The van der Waals surface area contributed by atoms with E-state index in [9.17, 15) is 4.79 Å². The molecule has 0 aromatic heterocycles. The Morgan fingerprint density at radius 3 is 2.62 bits per heavy atom. The van der Waals surface area contributed by atoms with Crippen LogP contribution in [-0.4, -0.2) is 11.6 Å². The van der Waals surface area contributed by atoms with E-state index in [1.807, 2.05) is 37.3 Å². The molecule has 0 spiro atoms. The van der Waals surface area contributed by atoms with Crippen molar-refractivity contribution >= 4 is 11.6 Å². The zero-order valence-corrected chi connectivity index (χ0v) is 9.86. The van der Waals surface area contributed by atoms with Crippen LogP contribution in [0.15, 0.2) is 35.4 Å². The lowest BCUT2D eigenvalue weighted by Crippen LogP contribution is -2.18. The van der Waals surface area contributed by atoms with Gasteiger partial charge < -0.3 is 0 Å². The highest BCUT2D eigenvalue weighted by Crippen LogP contribution is 2.00. The second-order valence-electron chi connectivity index (χ2n) is 3.70. The predicted molar refractivity (Wildman–Crippen MR) is 66.3 cm³/mol. The minimum atomic E-state index is -0.0165. The maximum atomic E-state index is 11.3. The van der Waals surface area contributed by atoms with E-state index in [0.29, 0.717) is 6.42 Å². The van der Waals surface area contributed by atoms with E-state index < -0.39 is 0 Å². The van der Waals surface area contributed by atoms with E-state index in [4.69, 9.17) is 0 Å². The molecule has 0 aliphatic heterocycles.